The molecule has 1 saturated heterocycles. The molecular weight excluding hydrogens is 396 g/mol. The topological polar surface area (TPSA) is 105 Å². The van der Waals surface area contributed by atoms with E-state index in [-0.39, 0.29) is 6.03 Å². The van der Waals surface area contributed by atoms with E-state index < -0.39 is 0 Å². The van der Waals surface area contributed by atoms with Crippen molar-refractivity contribution in [3.05, 3.63) is 29.5 Å². The molecule has 0 radical (unpaired) electrons. The molecule has 1 N–H and O–H groups in total. The van der Waals surface area contributed by atoms with Crippen molar-refractivity contribution in [1.82, 2.24) is 39.9 Å². The SMILES string of the molecule is Cc1cc(C)n2ncc(-c3nc(CN4CCN(C(=O)NC5CCCC5)CC4)no3)c2n1. The normalized spacial score (nSPS) is 18.2. The monoisotopic (exact) mass is 424 g/mol. The minimum Gasteiger partial charge on any atom is -0.335 e. The molecule has 2 aliphatic rings. The zero-order valence-electron chi connectivity index (χ0n) is 18.0. The van der Waals surface area contributed by atoms with Gasteiger partial charge < -0.3 is 14.7 Å². The number of nitrogens with zero attached hydrogens (tertiary/aromatic N) is 7. The number of nitrogens with one attached hydrogen (secondary N) is 1. The van der Waals surface area contributed by atoms with Gasteiger partial charge in [-0.25, -0.2) is 14.3 Å². The number of urea groups is 1. The van der Waals surface area contributed by atoms with Crippen LogP contribution in [0.15, 0.2) is 16.8 Å². The Balaban J connectivity index is 1.20. The Hall–Kier alpha value is -3.01. The van der Waals surface area contributed by atoms with E-state index in [4.69, 9.17) is 4.52 Å². The third kappa shape index (κ3) is 4.12. The van der Waals surface area contributed by atoms with Gasteiger partial charge in [-0.2, -0.15) is 10.1 Å². The predicted octanol–water partition coefficient (Wildman–Crippen LogP) is 2.17. The molecule has 1 aliphatic carbocycles. The Kier molecular flexibility index (Phi) is 5.31. The summed E-state index contributed by atoms with van der Waals surface area (Å²) in [5, 5.41) is 11.7. The van der Waals surface area contributed by atoms with Crippen LogP contribution in [0.25, 0.3) is 17.1 Å². The van der Waals surface area contributed by atoms with Crippen LogP contribution < -0.4 is 5.32 Å². The molecule has 2 fully saturated rings. The highest BCUT2D eigenvalue weighted by Crippen LogP contribution is 2.23. The average Bonchev–Trinajstić information content (AvgIpc) is 3.49. The number of amides is 2. The van der Waals surface area contributed by atoms with Gasteiger partial charge in [0.25, 0.3) is 5.89 Å². The number of rotatable bonds is 4. The van der Waals surface area contributed by atoms with Gasteiger partial charge in [0.15, 0.2) is 11.5 Å². The van der Waals surface area contributed by atoms with E-state index in [9.17, 15) is 4.79 Å². The quantitative estimate of drug-likeness (QED) is 0.684. The van der Waals surface area contributed by atoms with Crippen LogP contribution in [0.2, 0.25) is 0 Å². The molecule has 4 heterocycles. The molecule has 0 aromatic carbocycles. The summed E-state index contributed by atoms with van der Waals surface area (Å²) < 4.78 is 7.30. The molecule has 0 atom stereocenters. The lowest BCUT2D eigenvalue weighted by atomic mass is 10.2. The fraction of sp³-hybridized carbons (Fsp3) is 0.571. The Morgan fingerprint density at radius 1 is 1.16 bits per heavy atom. The third-order valence-corrected chi connectivity index (χ3v) is 6.18. The fourth-order valence-electron chi connectivity index (χ4n) is 4.49. The van der Waals surface area contributed by atoms with Gasteiger partial charge in [0.1, 0.15) is 5.56 Å². The first kappa shape index (κ1) is 19.9. The van der Waals surface area contributed by atoms with Gasteiger partial charge >= 0.3 is 6.03 Å². The molecule has 1 aliphatic heterocycles. The van der Waals surface area contributed by atoms with E-state index in [2.05, 4.69) is 30.4 Å². The van der Waals surface area contributed by atoms with Gasteiger partial charge in [-0.15, -0.1) is 0 Å². The predicted molar refractivity (Wildman–Crippen MR) is 113 cm³/mol. The summed E-state index contributed by atoms with van der Waals surface area (Å²) in [7, 11) is 0. The number of carbonyl (C=O) groups is 1. The highest BCUT2D eigenvalue weighted by molar-refractivity contribution is 5.74. The van der Waals surface area contributed by atoms with Crippen molar-refractivity contribution < 1.29 is 9.32 Å². The van der Waals surface area contributed by atoms with E-state index in [1.807, 2.05) is 24.8 Å². The molecule has 5 rings (SSSR count). The zero-order valence-corrected chi connectivity index (χ0v) is 18.0. The molecule has 3 aromatic rings. The molecular formula is C21H28N8O2. The average molecular weight is 425 g/mol. The highest BCUT2D eigenvalue weighted by Gasteiger charge is 2.25. The Morgan fingerprint density at radius 3 is 2.71 bits per heavy atom. The summed E-state index contributed by atoms with van der Waals surface area (Å²) in [4.78, 5) is 25.8. The van der Waals surface area contributed by atoms with Gasteiger partial charge in [-0.1, -0.05) is 18.0 Å². The van der Waals surface area contributed by atoms with Crippen molar-refractivity contribution >= 4 is 11.7 Å². The molecule has 0 spiro atoms. The van der Waals surface area contributed by atoms with Crippen LogP contribution in [0, 0.1) is 13.8 Å². The van der Waals surface area contributed by atoms with Gasteiger partial charge in [0, 0.05) is 43.6 Å². The first-order valence-electron chi connectivity index (χ1n) is 11.0. The van der Waals surface area contributed by atoms with Crippen LogP contribution >= 0.6 is 0 Å². The maximum atomic E-state index is 12.5. The summed E-state index contributed by atoms with van der Waals surface area (Å²) in [6, 6.07) is 2.40. The largest absolute Gasteiger partial charge is 0.335 e. The first-order chi connectivity index (χ1) is 15.1. The number of carbonyl (C=O) groups excluding carboxylic acids is 1. The van der Waals surface area contributed by atoms with Crippen LogP contribution in [-0.4, -0.2) is 72.8 Å². The van der Waals surface area contributed by atoms with Crippen LogP contribution in [0.3, 0.4) is 0 Å². The van der Waals surface area contributed by atoms with Crippen molar-refractivity contribution in [2.24, 2.45) is 0 Å². The Bertz CT molecular complexity index is 1080. The maximum absolute atomic E-state index is 12.5. The highest BCUT2D eigenvalue weighted by atomic mass is 16.5. The molecule has 10 heteroatoms. The number of hydrogen-bond donors (Lipinski definition) is 1. The van der Waals surface area contributed by atoms with E-state index in [1.165, 1.54) is 12.8 Å². The number of piperazine rings is 1. The van der Waals surface area contributed by atoms with Crippen LogP contribution in [0.5, 0.6) is 0 Å². The number of fused-ring (bicyclic) bond motifs is 1. The van der Waals surface area contributed by atoms with Gasteiger partial charge in [0.2, 0.25) is 0 Å². The zero-order chi connectivity index (χ0) is 21.4. The third-order valence-electron chi connectivity index (χ3n) is 6.18. The molecule has 1 saturated carbocycles. The minimum atomic E-state index is 0.0690. The number of hydrogen-bond acceptors (Lipinski definition) is 7. The van der Waals surface area contributed by atoms with Crippen molar-refractivity contribution in [1.29, 1.82) is 0 Å². The molecule has 3 aromatic heterocycles. The molecule has 0 unspecified atom stereocenters. The first-order valence-corrected chi connectivity index (χ1v) is 11.0. The lowest BCUT2D eigenvalue weighted by molar-refractivity contribution is 0.131. The minimum absolute atomic E-state index is 0.0690. The van der Waals surface area contributed by atoms with Gasteiger partial charge in [-0.3, -0.25) is 4.90 Å². The molecule has 10 nitrogen and oxygen atoms in total. The van der Waals surface area contributed by atoms with Gasteiger partial charge in [-0.05, 0) is 32.8 Å². The Labute approximate surface area is 180 Å². The van der Waals surface area contributed by atoms with Crippen LogP contribution in [0.4, 0.5) is 4.79 Å². The molecule has 31 heavy (non-hydrogen) atoms. The van der Waals surface area contributed by atoms with Gasteiger partial charge in [0.05, 0.1) is 12.7 Å². The summed E-state index contributed by atoms with van der Waals surface area (Å²) in [5.74, 6) is 1.06. The number of aromatic nitrogens is 5. The van der Waals surface area contributed by atoms with E-state index in [0.717, 1.165) is 48.5 Å². The van der Waals surface area contributed by atoms with Crippen molar-refractivity contribution in [2.75, 3.05) is 26.2 Å². The van der Waals surface area contributed by atoms with E-state index in [1.54, 1.807) is 10.7 Å². The molecule has 2 amide bonds. The lowest BCUT2D eigenvalue weighted by Crippen LogP contribution is -2.52. The lowest BCUT2D eigenvalue weighted by Gasteiger charge is -2.34. The summed E-state index contributed by atoms with van der Waals surface area (Å²) in [6.45, 7) is 7.53. The molecule has 0 bridgehead atoms. The smallest absolute Gasteiger partial charge is 0.317 e. The van der Waals surface area contributed by atoms with Crippen molar-refractivity contribution in [2.45, 2.75) is 52.1 Å². The summed E-state index contributed by atoms with van der Waals surface area (Å²) >= 11 is 0. The standard InChI is InChI=1S/C21H28N8O2/c1-14-11-15(2)29-19(23-14)17(12-22-29)20-25-18(26-31-20)13-27-7-9-28(10-8-27)21(30)24-16-5-3-4-6-16/h11-12,16H,3-10,13H2,1-2H3,(H,24,30). The Morgan fingerprint density at radius 2 is 1.94 bits per heavy atom. The molecule has 164 valence electrons. The summed E-state index contributed by atoms with van der Waals surface area (Å²) in [6.07, 6.45) is 6.36. The van der Waals surface area contributed by atoms with Crippen molar-refractivity contribution in [3.8, 4) is 11.5 Å². The second-order valence-corrected chi connectivity index (χ2v) is 8.54. The maximum Gasteiger partial charge on any atom is 0.317 e. The van der Waals surface area contributed by atoms with E-state index >= 15 is 0 Å². The summed E-state index contributed by atoms with van der Waals surface area (Å²) in [5.41, 5.74) is 3.37. The van der Waals surface area contributed by atoms with Crippen LogP contribution in [0.1, 0.15) is 42.9 Å². The van der Waals surface area contributed by atoms with E-state index in [0.29, 0.717) is 37.4 Å². The fourth-order valence-corrected chi connectivity index (χ4v) is 4.49. The number of aryl methyl sites for hydroxylation is 2. The van der Waals surface area contributed by atoms with Crippen LogP contribution in [-0.2, 0) is 6.54 Å². The van der Waals surface area contributed by atoms with Crippen molar-refractivity contribution in [3.63, 3.8) is 0 Å². The second kappa shape index (κ2) is 8.26. The second-order valence-electron chi connectivity index (χ2n) is 8.54.